The third-order valence-corrected chi connectivity index (χ3v) is 4.62. The van der Waals surface area contributed by atoms with Gasteiger partial charge in [-0.15, -0.1) is 0 Å². The fourth-order valence-corrected chi connectivity index (χ4v) is 3.37. The van der Waals surface area contributed by atoms with Gasteiger partial charge in [-0.25, -0.2) is 0 Å². The molecule has 0 amide bonds. The van der Waals surface area contributed by atoms with Crippen molar-refractivity contribution in [3.8, 4) is 0 Å². The van der Waals surface area contributed by atoms with E-state index in [1.54, 1.807) is 0 Å². The molecule has 4 heteroatoms. The van der Waals surface area contributed by atoms with Gasteiger partial charge < -0.3 is 15.0 Å². The van der Waals surface area contributed by atoms with E-state index in [0.29, 0.717) is 12.1 Å². The maximum absolute atomic E-state index is 5.71. The normalized spacial score (nSPS) is 22.4. The second-order valence-electron chi connectivity index (χ2n) is 5.49. The first-order valence-corrected chi connectivity index (χ1v) is 8.25. The summed E-state index contributed by atoms with van der Waals surface area (Å²) in [7, 11) is 2.04. The zero-order chi connectivity index (χ0) is 14.4. The van der Waals surface area contributed by atoms with Crippen LogP contribution in [0.3, 0.4) is 0 Å². The molecule has 1 aliphatic heterocycles. The zero-order valence-corrected chi connectivity index (χ0v) is 14.0. The largest absolute Gasteiger partial charge is 0.377 e. The highest BCUT2D eigenvalue weighted by atomic mass is 79.9. The molecule has 112 valence electrons. The highest BCUT2D eigenvalue weighted by Crippen LogP contribution is 2.25. The van der Waals surface area contributed by atoms with E-state index in [-0.39, 0.29) is 0 Å². The molecule has 1 aromatic rings. The minimum atomic E-state index is 0.356. The lowest BCUT2D eigenvalue weighted by Gasteiger charge is -2.25. The van der Waals surface area contributed by atoms with Crippen LogP contribution in [0, 0.1) is 0 Å². The molecule has 0 bridgehead atoms. The van der Waals surface area contributed by atoms with Crippen LogP contribution >= 0.6 is 15.9 Å². The molecule has 2 rings (SSSR count). The lowest BCUT2D eigenvalue weighted by atomic mass is 10.0. The summed E-state index contributed by atoms with van der Waals surface area (Å²) < 4.78 is 6.89. The Kier molecular flexibility index (Phi) is 6.49. The van der Waals surface area contributed by atoms with Crippen molar-refractivity contribution in [2.45, 2.75) is 31.9 Å². The molecular formula is C16H25BrN2O. The molecule has 1 heterocycles. The van der Waals surface area contributed by atoms with Crippen LogP contribution in [0.1, 0.15) is 31.4 Å². The Morgan fingerprint density at radius 3 is 3.00 bits per heavy atom. The molecule has 0 spiro atoms. The topological polar surface area (TPSA) is 24.5 Å². The summed E-state index contributed by atoms with van der Waals surface area (Å²) in [5, 5.41) is 3.44. The first kappa shape index (κ1) is 16.0. The van der Waals surface area contributed by atoms with Gasteiger partial charge in [0.15, 0.2) is 0 Å². The van der Waals surface area contributed by atoms with Crippen LogP contribution in [-0.4, -0.2) is 44.3 Å². The van der Waals surface area contributed by atoms with Crippen LogP contribution in [-0.2, 0) is 4.74 Å². The van der Waals surface area contributed by atoms with E-state index in [4.69, 9.17) is 4.74 Å². The predicted molar refractivity (Wildman–Crippen MR) is 87.0 cm³/mol. The quantitative estimate of drug-likeness (QED) is 0.890. The van der Waals surface area contributed by atoms with Crippen molar-refractivity contribution in [2.75, 3.05) is 33.3 Å². The molecule has 20 heavy (non-hydrogen) atoms. The van der Waals surface area contributed by atoms with E-state index in [9.17, 15) is 0 Å². The summed E-state index contributed by atoms with van der Waals surface area (Å²) >= 11 is 3.65. The van der Waals surface area contributed by atoms with Gasteiger partial charge in [-0.2, -0.15) is 0 Å². The third kappa shape index (κ3) is 4.55. The van der Waals surface area contributed by atoms with Crippen molar-refractivity contribution in [1.82, 2.24) is 10.2 Å². The monoisotopic (exact) mass is 340 g/mol. The Morgan fingerprint density at radius 2 is 2.25 bits per heavy atom. The summed E-state index contributed by atoms with van der Waals surface area (Å²) in [5.74, 6) is 0. The Bertz CT molecular complexity index is 413. The van der Waals surface area contributed by atoms with Crippen LogP contribution in [0.4, 0.5) is 0 Å². The number of nitrogens with one attached hydrogen (secondary N) is 1. The summed E-state index contributed by atoms with van der Waals surface area (Å²) in [6.45, 7) is 6.38. The lowest BCUT2D eigenvalue weighted by Crippen LogP contribution is -2.33. The van der Waals surface area contributed by atoms with E-state index < -0.39 is 0 Å². The van der Waals surface area contributed by atoms with Gasteiger partial charge in [-0.1, -0.05) is 34.1 Å². The van der Waals surface area contributed by atoms with Crippen LogP contribution in [0.25, 0.3) is 0 Å². The molecule has 1 fully saturated rings. The molecular weight excluding hydrogens is 316 g/mol. The first-order valence-electron chi connectivity index (χ1n) is 7.46. The van der Waals surface area contributed by atoms with Gasteiger partial charge in [0.2, 0.25) is 0 Å². The first-order chi connectivity index (χ1) is 9.70. The number of rotatable bonds is 5. The molecule has 1 saturated heterocycles. The van der Waals surface area contributed by atoms with Crippen molar-refractivity contribution in [3.63, 3.8) is 0 Å². The van der Waals surface area contributed by atoms with E-state index in [2.05, 4.69) is 57.3 Å². The highest BCUT2D eigenvalue weighted by Gasteiger charge is 2.17. The molecule has 0 radical (unpaired) electrons. The third-order valence-electron chi connectivity index (χ3n) is 3.90. The van der Waals surface area contributed by atoms with Crippen LogP contribution in [0.15, 0.2) is 28.7 Å². The number of hydrogen-bond acceptors (Lipinski definition) is 3. The standard InChI is InChI=1S/C16H25BrN2O/c1-13-12-19(9-5-11-20-13)10-8-16(18-2)14-6-3-4-7-15(14)17/h3-4,6-7,13,16,18H,5,8-12H2,1-2H3. The maximum atomic E-state index is 5.71. The molecule has 0 aliphatic carbocycles. The van der Waals surface area contributed by atoms with Crippen molar-refractivity contribution >= 4 is 15.9 Å². The molecule has 0 aromatic heterocycles. The predicted octanol–water partition coefficient (Wildman–Crippen LogP) is 3.21. The minimum absolute atomic E-state index is 0.356. The Hall–Kier alpha value is -0.420. The number of halogens is 1. The Labute approximate surface area is 130 Å². The van der Waals surface area contributed by atoms with Gasteiger partial charge in [0.25, 0.3) is 0 Å². The number of hydrogen-bond donors (Lipinski definition) is 1. The van der Waals surface area contributed by atoms with Crippen LogP contribution < -0.4 is 5.32 Å². The van der Waals surface area contributed by atoms with Gasteiger partial charge >= 0.3 is 0 Å². The van der Waals surface area contributed by atoms with Crippen LogP contribution in [0.2, 0.25) is 0 Å². The molecule has 2 unspecified atom stereocenters. The van der Waals surface area contributed by atoms with Crippen molar-refractivity contribution in [3.05, 3.63) is 34.3 Å². The van der Waals surface area contributed by atoms with E-state index in [1.807, 2.05) is 7.05 Å². The number of ether oxygens (including phenoxy) is 1. The summed E-state index contributed by atoms with van der Waals surface area (Å²) in [5.41, 5.74) is 1.34. The van der Waals surface area contributed by atoms with E-state index in [0.717, 1.165) is 39.1 Å². The van der Waals surface area contributed by atoms with E-state index in [1.165, 1.54) is 10.0 Å². The number of nitrogens with zero attached hydrogens (tertiary/aromatic N) is 1. The van der Waals surface area contributed by atoms with E-state index >= 15 is 0 Å². The molecule has 0 saturated carbocycles. The van der Waals surface area contributed by atoms with Gasteiger partial charge in [0, 0.05) is 36.8 Å². The summed E-state index contributed by atoms with van der Waals surface area (Å²) in [4.78, 5) is 2.53. The fourth-order valence-electron chi connectivity index (χ4n) is 2.81. The number of benzene rings is 1. The SMILES string of the molecule is CNC(CCN1CCCOC(C)C1)c1ccccc1Br. The second-order valence-corrected chi connectivity index (χ2v) is 6.34. The molecule has 1 aliphatic rings. The van der Waals surface area contributed by atoms with Gasteiger partial charge in [-0.3, -0.25) is 0 Å². The molecule has 2 atom stereocenters. The highest BCUT2D eigenvalue weighted by molar-refractivity contribution is 9.10. The Morgan fingerprint density at radius 1 is 1.45 bits per heavy atom. The average molecular weight is 341 g/mol. The molecule has 1 N–H and O–H groups in total. The summed E-state index contributed by atoms with van der Waals surface area (Å²) in [6.07, 6.45) is 2.61. The Balaban J connectivity index is 1.92. The fraction of sp³-hybridized carbons (Fsp3) is 0.625. The van der Waals surface area contributed by atoms with Gasteiger partial charge in [-0.05, 0) is 38.4 Å². The van der Waals surface area contributed by atoms with Crippen molar-refractivity contribution in [2.24, 2.45) is 0 Å². The zero-order valence-electron chi connectivity index (χ0n) is 12.4. The van der Waals surface area contributed by atoms with Crippen LogP contribution in [0.5, 0.6) is 0 Å². The maximum Gasteiger partial charge on any atom is 0.0673 e. The van der Waals surface area contributed by atoms with Gasteiger partial charge in [0.1, 0.15) is 0 Å². The van der Waals surface area contributed by atoms with Crippen molar-refractivity contribution in [1.29, 1.82) is 0 Å². The van der Waals surface area contributed by atoms with Crippen molar-refractivity contribution < 1.29 is 4.74 Å². The molecule has 1 aromatic carbocycles. The molecule has 3 nitrogen and oxygen atoms in total. The minimum Gasteiger partial charge on any atom is -0.377 e. The second kappa shape index (κ2) is 8.13. The van der Waals surface area contributed by atoms with Gasteiger partial charge in [0.05, 0.1) is 6.10 Å². The summed E-state index contributed by atoms with van der Waals surface area (Å²) in [6, 6.07) is 8.87. The smallest absolute Gasteiger partial charge is 0.0673 e. The lowest BCUT2D eigenvalue weighted by molar-refractivity contribution is 0.0672. The average Bonchev–Trinajstić information content (AvgIpc) is 2.65.